The Hall–Kier alpha value is -2.65. The summed E-state index contributed by atoms with van der Waals surface area (Å²) in [6.07, 6.45) is 5.14. The SMILES string of the molecule is CSc1ccccc1C(=O)N1CCc2c(c(C(=O)N(C)Cc3cscn3)nn2CC2CC2)C1. The molecule has 3 heterocycles. The molecular formula is C24H27N5O2S2. The van der Waals surface area contributed by atoms with Gasteiger partial charge in [0.25, 0.3) is 11.8 Å². The predicted octanol–water partition coefficient (Wildman–Crippen LogP) is 3.94. The Labute approximate surface area is 201 Å². The number of nitrogens with zero attached hydrogens (tertiary/aromatic N) is 5. The number of aromatic nitrogens is 3. The molecule has 172 valence electrons. The van der Waals surface area contributed by atoms with Crippen molar-refractivity contribution >= 4 is 34.9 Å². The van der Waals surface area contributed by atoms with Gasteiger partial charge in [-0.05, 0) is 37.1 Å². The molecular weight excluding hydrogens is 454 g/mol. The molecule has 2 aromatic heterocycles. The molecule has 1 fully saturated rings. The lowest BCUT2D eigenvalue weighted by atomic mass is 10.0. The fourth-order valence-corrected chi connectivity index (χ4v) is 5.47. The Bertz CT molecular complexity index is 1170. The first-order valence-corrected chi connectivity index (χ1v) is 13.3. The zero-order valence-electron chi connectivity index (χ0n) is 18.9. The lowest BCUT2D eigenvalue weighted by molar-refractivity contribution is 0.0718. The van der Waals surface area contributed by atoms with Gasteiger partial charge in [0.15, 0.2) is 5.69 Å². The predicted molar refractivity (Wildman–Crippen MR) is 130 cm³/mol. The van der Waals surface area contributed by atoms with E-state index >= 15 is 0 Å². The third-order valence-corrected chi connectivity index (χ3v) is 7.75. The van der Waals surface area contributed by atoms with Gasteiger partial charge in [-0.3, -0.25) is 14.3 Å². The topological polar surface area (TPSA) is 71.3 Å². The minimum absolute atomic E-state index is 0.00905. The molecule has 0 radical (unpaired) electrons. The molecule has 0 N–H and O–H groups in total. The van der Waals surface area contributed by atoms with Gasteiger partial charge in [-0.25, -0.2) is 4.98 Å². The van der Waals surface area contributed by atoms with Crippen LogP contribution < -0.4 is 0 Å². The Morgan fingerprint density at radius 2 is 2.09 bits per heavy atom. The van der Waals surface area contributed by atoms with Gasteiger partial charge in [-0.1, -0.05) is 12.1 Å². The van der Waals surface area contributed by atoms with Crippen LogP contribution in [0.2, 0.25) is 0 Å². The number of hydrogen-bond donors (Lipinski definition) is 0. The number of amides is 2. The van der Waals surface area contributed by atoms with E-state index in [1.165, 1.54) is 24.2 Å². The van der Waals surface area contributed by atoms with Crippen molar-refractivity contribution in [3.63, 3.8) is 0 Å². The van der Waals surface area contributed by atoms with E-state index in [-0.39, 0.29) is 11.8 Å². The molecule has 9 heteroatoms. The highest BCUT2D eigenvalue weighted by atomic mass is 32.2. The molecule has 0 atom stereocenters. The zero-order valence-corrected chi connectivity index (χ0v) is 20.5. The van der Waals surface area contributed by atoms with Crippen molar-refractivity contribution in [3.8, 4) is 0 Å². The van der Waals surface area contributed by atoms with Gasteiger partial charge < -0.3 is 9.80 Å². The molecule has 1 saturated carbocycles. The summed E-state index contributed by atoms with van der Waals surface area (Å²) in [6, 6.07) is 7.71. The average Bonchev–Trinajstić information content (AvgIpc) is 3.38. The van der Waals surface area contributed by atoms with Crippen molar-refractivity contribution in [1.82, 2.24) is 24.6 Å². The molecule has 3 aromatic rings. The largest absolute Gasteiger partial charge is 0.334 e. The molecule has 0 bridgehead atoms. The lowest BCUT2D eigenvalue weighted by Gasteiger charge is -2.29. The minimum atomic E-state index is -0.118. The maximum absolute atomic E-state index is 13.4. The van der Waals surface area contributed by atoms with Crippen LogP contribution >= 0.6 is 23.1 Å². The maximum atomic E-state index is 13.4. The molecule has 33 heavy (non-hydrogen) atoms. The summed E-state index contributed by atoms with van der Waals surface area (Å²) in [7, 11) is 1.79. The van der Waals surface area contributed by atoms with E-state index in [9.17, 15) is 9.59 Å². The van der Waals surface area contributed by atoms with Crippen molar-refractivity contribution in [2.24, 2.45) is 5.92 Å². The molecule has 2 amide bonds. The van der Waals surface area contributed by atoms with E-state index in [4.69, 9.17) is 5.10 Å². The van der Waals surface area contributed by atoms with E-state index in [0.29, 0.717) is 43.2 Å². The first kappa shape index (κ1) is 22.2. The molecule has 7 nitrogen and oxygen atoms in total. The summed E-state index contributed by atoms with van der Waals surface area (Å²) in [4.78, 5) is 35.6. The van der Waals surface area contributed by atoms with Crippen LogP contribution in [0.15, 0.2) is 40.1 Å². The second kappa shape index (κ2) is 9.30. The van der Waals surface area contributed by atoms with E-state index < -0.39 is 0 Å². The fourth-order valence-electron chi connectivity index (χ4n) is 4.33. The molecule has 1 aromatic carbocycles. The van der Waals surface area contributed by atoms with Gasteiger partial charge >= 0.3 is 0 Å². The van der Waals surface area contributed by atoms with Gasteiger partial charge in [-0.2, -0.15) is 5.10 Å². The van der Waals surface area contributed by atoms with Crippen LogP contribution in [0.4, 0.5) is 0 Å². The summed E-state index contributed by atoms with van der Waals surface area (Å²) in [5.74, 6) is 0.542. The van der Waals surface area contributed by atoms with E-state index in [0.717, 1.165) is 28.4 Å². The smallest absolute Gasteiger partial charge is 0.274 e. The lowest BCUT2D eigenvalue weighted by Crippen LogP contribution is -2.37. The van der Waals surface area contributed by atoms with Crippen LogP contribution in [0.1, 0.15) is 50.6 Å². The van der Waals surface area contributed by atoms with Crippen LogP contribution in [0, 0.1) is 5.92 Å². The third kappa shape index (κ3) is 4.56. The van der Waals surface area contributed by atoms with E-state index in [2.05, 4.69) is 4.98 Å². The number of thioether (sulfide) groups is 1. The number of benzene rings is 1. The Morgan fingerprint density at radius 3 is 2.82 bits per heavy atom. The van der Waals surface area contributed by atoms with Crippen molar-refractivity contribution in [3.05, 3.63) is 63.4 Å². The number of carbonyl (C=O) groups excluding carboxylic acids is 2. The number of carbonyl (C=O) groups is 2. The third-order valence-electron chi connectivity index (χ3n) is 6.32. The van der Waals surface area contributed by atoms with E-state index in [1.807, 2.05) is 45.5 Å². The van der Waals surface area contributed by atoms with Gasteiger partial charge in [0.05, 0.1) is 29.9 Å². The van der Waals surface area contributed by atoms with Crippen molar-refractivity contribution in [2.45, 2.75) is 43.8 Å². The number of thiazole rings is 1. The monoisotopic (exact) mass is 481 g/mol. The number of rotatable bonds is 7. The normalized spacial score (nSPS) is 15.4. The Morgan fingerprint density at radius 1 is 1.27 bits per heavy atom. The zero-order chi connectivity index (χ0) is 22.9. The van der Waals surface area contributed by atoms with Crippen molar-refractivity contribution in [2.75, 3.05) is 19.8 Å². The summed E-state index contributed by atoms with van der Waals surface area (Å²) < 4.78 is 2.04. The maximum Gasteiger partial charge on any atom is 0.274 e. The van der Waals surface area contributed by atoms with Crippen LogP contribution in [0.25, 0.3) is 0 Å². The highest BCUT2D eigenvalue weighted by molar-refractivity contribution is 7.98. The van der Waals surface area contributed by atoms with Crippen LogP contribution in [0.3, 0.4) is 0 Å². The molecule has 0 unspecified atom stereocenters. The number of hydrogen-bond acceptors (Lipinski definition) is 6. The van der Waals surface area contributed by atoms with Crippen molar-refractivity contribution in [1.29, 1.82) is 0 Å². The molecule has 1 aliphatic carbocycles. The molecule has 1 aliphatic heterocycles. The van der Waals surface area contributed by atoms with Gasteiger partial charge in [-0.15, -0.1) is 23.1 Å². The summed E-state index contributed by atoms with van der Waals surface area (Å²) in [6.45, 7) is 2.34. The molecule has 0 saturated heterocycles. The standard InChI is InChI=1S/C24H27N5O2S2/c1-27(12-17-14-33-15-25-17)24(31)22-19-13-28(23(30)18-5-3-4-6-21(18)32-2)10-9-20(19)29(26-22)11-16-7-8-16/h3-6,14-16H,7-13H2,1-2H3. The van der Waals surface area contributed by atoms with Gasteiger partial charge in [0.2, 0.25) is 0 Å². The quantitative estimate of drug-likeness (QED) is 0.478. The van der Waals surface area contributed by atoms with Crippen LogP contribution in [-0.4, -0.2) is 56.2 Å². The van der Waals surface area contributed by atoms with Gasteiger partial charge in [0, 0.05) is 48.1 Å². The second-order valence-electron chi connectivity index (χ2n) is 8.72. The first-order valence-electron chi connectivity index (χ1n) is 11.2. The summed E-state index contributed by atoms with van der Waals surface area (Å²) in [5, 5.41) is 6.74. The summed E-state index contributed by atoms with van der Waals surface area (Å²) in [5.41, 5.74) is 5.83. The minimum Gasteiger partial charge on any atom is -0.334 e. The molecule has 5 rings (SSSR count). The second-order valence-corrected chi connectivity index (χ2v) is 10.3. The summed E-state index contributed by atoms with van der Waals surface area (Å²) >= 11 is 3.09. The van der Waals surface area contributed by atoms with Crippen molar-refractivity contribution < 1.29 is 9.59 Å². The number of fused-ring (bicyclic) bond motifs is 1. The highest BCUT2D eigenvalue weighted by Gasteiger charge is 2.33. The average molecular weight is 482 g/mol. The molecule has 0 spiro atoms. The Balaban J connectivity index is 1.43. The van der Waals surface area contributed by atoms with Crippen LogP contribution in [0.5, 0.6) is 0 Å². The van der Waals surface area contributed by atoms with Gasteiger partial charge in [0.1, 0.15) is 0 Å². The fraction of sp³-hybridized carbons (Fsp3) is 0.417. The van der Waals surface area contributed by atoms with E-state index in [1.54, 1.807) is 29.2 Å². The van der Waals surface area contributed by atoms with Crippen LogP contribution in [-0.2, 0) is 26.1 Å². The highest BCUT2D eigenvalue weighted by Crippen LogP contribution is 2.33. The molecule has 2 aliphatic rings. The first-order chi connectivity index (χ1) is 16.0. The Kier molecular flexibility index (Phi) is 6.25.